The fraction of sp³-hybridized carbons (Fsp3) is 0.444. The lowest BCUT2D eigenvalue weighted by atomic mass is 10.2. The molecular formula is C18H24N2O7. The third-order valence-corrected chi connectivity index (χ3v) is 3.26. The lowest BCUT2D eigenvalue weighted by Crippen LogP contribution is -2.52. The Hall–Kier alpha value is -3.10. The van der Waals surface area contributed by atoms with Gasteiger partial charge >= 0.3 is 18.0 Å². The van der Waals surface area contributed by atoms with Crippen molar-refractivity contribution >= 4 is 23.9 Å². The van der Waals surface area contributed by atoms with Crippen molar-refractivity contribution in [3.05, 3.63) is 35.9 Å². The van der Waals surface area contributed by atoms with Gasteiger partial charge in [0.05, 0.1) is 12.5 Å². The Labute approximate surface area is 157 Å². The topological polar surface area (TPSA) is 131 Å². The van der Waals surface area contributed by atoms with Crippen LogP contribution in [-0.2, 0) is 30.5 Å². The fourth-order valence-electron chi connectivity index (χ4n) is 2.00. The van der Waals surface area contributed by atoms with E-state index >= 15 is 0 Å². The number of carboxylic acids is 1. The molecule has 0 saturated heterocycles. The first-order valence-electron chi connectivity index (χ1n) is 8.39. The van der Waals surface area contributed by atoms with E-state index in [2.05, 4.69) is 10.6 Å². The standard InChI is InChI=1S/C18H24N2O7/c1-11(2)27-17(24)12(3)19-16(23)14(9-15(21)22)20-18(25)26-10-13-7-5-4-6-8-13/h4-8,11-12,14H,9-10H2,1-3H3,(H,19,23)(H,20,25)(H,21,22)/t12-,14+/m1/s1. The van der Waals surface area contributed by atoms with Gasteiger partial charge in [0.25, 0.3) is 0 Å². The number of rotatable bonds is 9. The van der Waals surface area contributed by atoms with E-state index in [1.807, 2.05) is 6.07 Å². The van der Waals surface area contributed by atoms with Crippen LogP contribution in [0.1, 0.15) is 32.8 Å². The Morgan fingerprint density at radius 3 is 2.22 bits per heavy atom. The molecule has 1 aromatic rings. The number of carbonyl (C=O) groups is 4. The number of hydrogen-bond donors (Lipinski definition) is 3. The molecule has 0 aliphatic carbocycles. The fourth-order valence-corrected chi connectivity index (χ4v) is 2.00. The number of carboxylic acid groups (broad SMARTS) is 1. The van der Waals surface area contributed by atoms with E-state index in [9.17, 15) is 19.2 Å². The van der Waals surface area contributed by atoms with Crippen LogP contribution in [0.5, 0.6) is 0 Å². The maximum Gasteiger partial charge on any atom is 0.408 e. The summed E-state index contributed by atoms with van der Waals surface area (Å²) in [7, 11) is 0. The number of carbonyl (C=O) groups excluding carboxylic acids is 3. The number of amides is 2. The van der Waals surface area contributed by atoms with Gasteiger partial charge in [-0.1, -0.05) is 30.3 Å². The van der Waals surface area contributed by atoms with Crippen LogP contribution in [0, 0.1) is 0 Å². The first-order valence-corrected chi connectivity index (χ1v) is 8.39. The molecule has 9 heteroatoms. The first kappa shape index (κ1) is 21.9. The van der Waals surface area contributed by atoms with E-state index in [1.54, 1.807) is 38.1 Å². The van der Waals surface area contributed by atoms with Crippen molar-refractivity contribution in [2.24, 2.45) is 0 Å². The quantitative estimate of drug-likeness (QED) is 0.549. The molecular weight excluding hydrogens is 356 g/mol. The van der Waals surface area contributed by atoms with Gasteiger partial charge in [-0.05, 0) is 26.3 Å². The maximum atomic E-state index is 12.2. The molecule has 2 atom stereocenters. The largest absolute Gasteiger partial charge is 0.481 e. The van der Waals surface area contributed by atoms with Gasteiger partial charge in [-0.15, -0.1) is 0 Å². The minimum atomic E-state index is -1.40. The highest BCUT2D eigenvalue weighted by atomic mass is 16.6. The summed E-state index contributed by atoms with van der Waals surface area (Å²) in [6, 6.07) is 6.44. The van der Waals surface area contributed by atoms with Gasteiger partial charge in [0.2, 0.25) is 5.91 Å². The Bertz CT molecular complexity index is 661. The monoisotopic (exact) mass is 380 g/mol. The minimum Gasteiger partial charge on any atom is -0.481 e. The van der Waals surface area contributed by atoms with E-state index in [4.69, 9.17) is 14.6 Å². The van der Waals surface area contributed by atoms with Crippen molar-refractivity contribution in [1.82, 2.24) is 10.6 Å². The summed E-state index contributed by atoms with van der Waals surface area (Å²) >= 11 is 0. The van der Waals surface area contributed by atoms with Crippen LogP contribution in [0.4, 0.5) is 4.79 Å². The molecule has 0 radical (unpaired) electrons. The lowest BCUT2D eigenvalue weighted by molar-refractivity contribution is -0.151. The molecule has 2 amide bonds. The highest BCUT2D eigenvalue weighted by Crippen LogP contribution is 2.02. The summed E-state index contributed by atoms with van der Waals surface area (Å²) < 4.78 is 9.94. The van der Waals surface area contributed by atoms with Crippen LogP contribution >= 0.6 is 0 Å². The summed E-state index contributed by atoms with van der Waals surface area (Å²) in [4.78, 5) is 46.8. The molecule has 0 spiro atoms. The van der Waals surface area contributed by atoms with Gasteiger partial charge < -0.3 is 25.2 Å². The predicted octanol–water partition coefficient (Wildman–Crippen LogP) is 1.21. The SMILES string of the molecule is CC(C)OC(=O)[C@@H](C)NC(=O)[C@H](CC(=O)O)NC(=O)OCc1ccccc1. The summed E-state index contributed by atoms with van der Waals surface area (Å²) in [6.45, 7) is 4.67. The number of hydrogen-bond acceptors (Lipinski definition) is 6. The molecule has 0 aliphatic heterocycles. The molecule has 1 aromatic carbocycles. The Morgan fingerprint density at radius 2 is 1.67 bits per heavy atom. The second-order valence-corrected chi connectivity index (χ2v) is 6.07. The number of aliphatic carboxylic acids is 1. The first-order chi connectivity index (χ1) is 12.7. The average molecular weight is 380 g/mol. The van der Waals surface area contributed by atoms with Crippen molar-refractivity contribution in [2.45, 2.75) is 52.0 Å². The van der Waals surface area contributed by atoms with Crippen LogP contribution in [0.25, 0.3) is 0 Å². The number of alkyl carbamates (subject to hydrolysis) is 1. The van der Waals surface area contributed by atoms with E-state index in [1.165, 1.54) is 6.92 Å². The normalized spacial score (nSPS) is 12.6. The number of benzene rings is 1. The average Bonchev–Trinajstić information content (AvgIpc) is 2.59. The van der Waals surface area contributed by atoms with E-state index in [-0.39, 0.29) is 12.7 Å². The molecule has 148 valence electrons. The Kier molecular flexibility index (Phi) is 8.77. The molecule has 0 aliphatic rings. The van der Waals surface area contributed by atoms with Gasteiger partial charge in [0, 0.05) is 0 Å². The van der Waals surface area contributed by atoms with Crippen LogP contribution < -0.4 is 10.6 Å². The van der Waals surface area contributed by atoms with Crippen molar-refractivity contribution in [3.8, 4) is 0 Å². The molecule has 0 saturated carbocycles. The number of nitrogens with one attached hydrogen (secondary N) is 2. The van der Waals surface area contributed by atoms with Crippen molar-refractivity contribution < 1.29 is 33.8 Å². The van der Waals surface area contributed by atoms with E-state index in [0.29, 0.717) is 0 Å². The number of ether oxygens (including phenoxy) is 2. The molecule has 27 heavy (non-hydrogen) atoms. The predicted molar refractivity (Wildman–Crippen MR) is 94.6 cm³/mol. The zero-order chi connectivity index (χ0) is 20.4. The lowest BCUT2D eigenvalue weighted by Gasteiger charge is -2.20. The van der Waals surface area contributed by atoms with E-state index in [0.717, 1.165) is 5.56 Å². The molecule has 9 nitrogen and oxygen atoms in total. The molecule has 3 N–H and O–H groups in total. The van der Waals surface area contributed by atoms with Gasteiger partial charge in [0.15, 0.2) is 0 Å². The minimum absolute atomic E-state index is 0.0365. The van der Waals surface area contributed by atoms with Crippen LogP contribution in [0.2, 0.25) is 0 Å². The van der Waals surface area contributed by atoms with Gasteiger partial charge in [0.1, 0.15) is 18.7 Å². The zero-order valence-electron chi connectivity index (χ0n) is 15.4. The van der Waals surface area contributed by atoms with Crippen molar-refractivity contribution in [3.63, 3.8) is 0 Å². The van der Waals surface area contributed by atoms with Crippen LogP contribution in [0.15, 0.2) is 30.3 Å². The molecule has 0 bridgehead atoms. The van der Waals surface area contributed by atoms with E-state index < -0.39 is 42.4 Å². The molecule has 0 unspecified atom stereocenters. The smallest absolute Gasteiger partial charge is 0.408 e. The Balaban J connectivity index is 2.62. The maximum absolute atomic E-state index is 12.2. The Morgan fingerprint density at radius 1 is 1.04 bits per heavy atom. The van der Waals surface area contributed by atoms with Gasteiger partial charge in [-0.25, -0.2) is 9.59 Å². The molecule has 0 heterocycles. The van der Waals surface area contributed by atoms with Crippen molar-refractivity contribution in [2.75, 3.05) is 0 Å². The van der Waals surface area contributed by atoms with Crippen molar-refractivity contribution in [1.29, 1.82) is 0 Å². The third-order valence-electron chi connectivity index (χ3n) is 3.26. The summed E-state index contributed by atoms with van der Waals surface area (Å²) in [5, 5.41) is 13.5. The zero-order valence-corrected chi connectivity index (χ0v) is 15.4. The third kappa shape index (κ3) is 8.70. The molecule has 1 rings (SSSR count). The molecule has 0 aromatic heterocycles. The van der Waals surface area contributed by atoms with Crippen LogP contribution in [0.3, 0.4) is 0 Å². The second-order valence-electron chi connectivity index (χ2n) is 6.07. The summed E-state index contributed by atoms with van der Waals surface area (Å²) in [5.41, 5.74) is 0.733. The highest BCUT2D eigenvalue weighted by Gasteiger charge is 2.27. The number of esters is 1. The summed E-state index contributed by atoms with van der Waals surface area (Å²) in [5.74, 6) is -2.79. The second kappa shape index (κ2) is 10.8. The van der Waals surface area contributed by atoms with Crippen LogP contribution in [-0.4, -0.2) is 47.2 Å². The summed E-state index contributed by atoms with van der Waals surface area (Å²) in [6.07, 6.45) is -1.98. The highest BCUT2D eigenvalue weighted by molar-refractivity contribution is 5.92. The molecule has 0 fully saturated rings. The van der Waals surface area contributed by atoms with Gasteiger partial charge in [-0.2, -0.15) is 0 Å². The van der Waals surface area contributed by atoms with Gasteiger partial charge in [-0.3, -0.25) is 9.59 Å².